The molecule has 2 aromatic carbocycles. The van der Waals surface area contributed by atoms with Crippen LogP contribution in [-0.2, 0) is 0 Å². The van der Waals surface area contributed by atoms with E-state index in [4.69, 9.17) is 0 Å². The van der Waals surface area contributed by atoms with Crippen LogP contribution in [0.3, 0.4) is 0 Å². The van der Waals surface area contributed by atoms with Crippen molar-refractivity contribution in [1.82, 2.24) is 0 Å². The Bertz CT molecular complexity index is 706. The predicted octanol–water partition coefficient (Wildman–Crippen LogP) is 7.80. The number of thioether (sulfide) groups is 1. The summed E-state index contributed by atoms with van der Waals surface area (Å²) in [5.74, 6) is 1.20. The summed E-state index contributed by atoms with van der Waals surface area (Å²) in [4.78, 5) is 13.5. The third-order valence-electron chi connectivity index (χ3n) is 4.18. The number of rotatable bonds is 11. The van der Waals surface area contributed by atoms with Crippen molar-refractivity contribution in [2.45, 2.75) is 50.3 Å². The Balaban J connectivity index is 1.75. The topological polar surface area (TPSA) is 17.1 Å². The summed E-state index contributed by atoms with van der Waals surface area (Å²) in [7, 11) is 0. The van der Waals surface area contributed by atoms with Crippen LogP contribution in [0, 0.1) is 0 Å². The summed E-state index contributed by atoms with van der Waals surface area (Å²) in [5.41, 5.74) is 1.75. The van der Waals surface area contributed by atoms with Gasteiger partial charge in [0.25, 0.3) is 0 Å². The van der Waals surface area contributed by atoms with E-state index in [2.05, 4.69) is 47.1 Å². The molecule has 0 bridgehead atoms. The Morgan fingerprint density at radius 2 is 1.73 bits per heavy atom. The highest BCUT2D eigenvalue weighted by atomic mass is 79.9. The molecule has 0 radical (unpaired) electrons. The van der Waals surface area contributed by atoms with Gasteiger partial charge in [-0.2, -0.15) is 0 Å². The van der Waals surface area contributed by atoms with E-state index in [0.717, 1.165) is 10.0 Å². The summed E-state index contributed by atoms with van der Waals surface area (Å²) in [6, 6.07) is 15.9. The Morgan fingerprint density at radius 1 is 1.00 bits per heavy atom. The summed E-state index contributed by atoms with van der Waals surface area (Å²) >= 11 is 5.32. The predicted molar refractivity (Wildman–Crippen MR) is 118 cm³/mol. The molecule has 0 unspecified atom stereocenters. The van der Waals surface area contributed by atoms with Crippen molar-refractivity contribution < 1.29 is 4.79 Å². The van der Waals surface area contributed by atoms with Gasteiger partial charge in [0.05, 0.1) is 0 Å². The summed E-state index contributed by atoms with van der Waals surface area (Å²) in [6.45, 7) is 2.26. The summed E-state index contributed by atoms with van der Waals surface area (Å²) in [6.07, 6.45) is 11.6. The highest BCUT2D eigenvalue weighted by Gasteiger charge is 2.02. The van der Waals surface area contributed by atoms with Gasteiger partial charge < -0.3 is 0 Å². The standard InChI is InChI=1S/C23H27BrOS/c1-2-3-4-5-6-7-17-26-22-14-11-19(12-15-22)13-16-23(25)20-9-8-10-21(24)18-20/h8-16,18H,2-7,17H2,1H3/b16-13+. The molecule has 0 heterocycles. The lowest BCUT2D eigenvalue weighted by atomic mass is 10.1. The molecule has 0 N–H and O–H groups in total. The van der Waals surface area contributed by atoms with Gasteiger partial charge in [-0.3, -0.25) is 4.79 Å². The molecule has 1 nitrogen and oxygen atoms in total. The molecule has 2 rings (SSSR count). The van der Waals surface area contributed by atoms with Crippen LogP contribution < -0.4 is 0 Å². The van der Waals surface area contributed by atoms with Crippen LogP contribution in [0.1, 0.15) is 61.4 Å². The van der Waals surface area contributed by atoms with Gasteiger partial charge in [0.1, 0.15) is 0 Å². The van der Waals surface area contributed by atoms with Gasteiger partial charge in [-0.05, 0) is 48.1 Å². The van der Waals surface area contributed by atoms with Crippen LogP contribution in [0.5, 0.6) is 0 Å². The van der Waals surface area contributed by atoms with Gasteiger partial charge >= 0.3 is 0 Å². The van der Waals surface area contributed by atoms with Crippen molar-refractivity contribution in [3.8, 4) is 0 Å². The number of halogens is 1. The van der Waals surface area contributed by atoms with E-state index < -0.39 is 0 Å². The third kappa shape index (κ3) is 7.92. The van der Waals surface area contributed by atoms with E-state index in [0.29, 0.717) is 5.56 Å². The van der Waals surface area contributed by atoms with Crippen LogP contribution in [0.2, 0.25) is 0 Å². The number of benzene rings is 2. The zero-order chi connectivity index (χ0) is 18.6. The Hall–Kier alpha value is -1.32. The number of hydrogen-bond acceptors (Lipinski definition) is 2. The lowest BCUT2D eigenvalue weighted by Crippen LogP contribution is -1.93. The number of unbranched alkanes of at least 4 members (excludes halogenated alkanes) is 5. The third-order valence-corrected chi connectivity index (χ3v) is 5.77. The van der Waals surface area contributed by atoms with Crippen LogP contribution in [0.15, 0.2) is 64.0 Å². The molecule has 0 aromatic heterocycles. The molecular formula is C23H27BrOS. The molecule has 0 aliphatic carbocycles. The van der Waals surface area contributed by atoms with Crippen molar-refractivity contribution in [3.05, 3.63) is 70.2 Å². The Morgan fingerprint density at radius 3 is 2.46 bits per heavy atom. The number of hydrogen-bond donors (Lipinski definition) is 0. The van der Waals surface area contributed by atoms with Crippen molar-refractivity contribution >= 4 is 39.6 Å². The van der Waals surface area contributed by atoms with E-state index in [-0.39, 0.29) is 5.78 Å². The Labute approximate surface area is 170 Å². The maximum absolute atomic E-state index is 12.2. The zero-order valence-corrected chi connectivity index (χ0v) is 17.8. The number of carbonyl (C=O) groups is 1. The lowest BCUT2D eigenvalue weighted by molar-refractivity contribution is 0.104. The van der Waals surface area contributed by atoms with E-state index in [1.807, 2.05) is 42.1 Å². The fourth-order valence-corrected chi connectivity index (χ4v) is 3.97. The van der Waals surface area contributed by atoms with Crippen LogP contribution in [0.25, 0.3) is 6.08 Å². The molecule has 0 aliphatic rings. The summed E-state index contributed by atoms with van der Waals surface area (Å²) in [5, 5.41) is 0. The first-order valence-electron chi connectivity index (χ1n) is 9.40. The van der Waals surface area contributed by atoms with Gasteiger partial charge in [-0.1, -0.05) is 85.3 Å². The minimum absolute atomic E-state index is 0.0211. The first kappa shape index (κ1) is 21.0. The molecule has 0 atom stereocenters. The van der Waals surface area contributed by atoms with Crippen molar-refractivity contribution in [3.63, 3.8) is 0 Å². The smallest absolute Gasteiger partial charge is 0.185 e. The molecular weight excluding hydrogens is 404 g/mol. The van der Waals surface area contributed by atoms with Crippen LogP contribution in [-0.4, -0.2) is 11.5 Å². The van der Waals surface area contributed by atoms with Crippen LogP contribution in [0.4, 0.5) is 0 Å². The molecule has 0 saturated heterocycles. The highest BCUT2D eigenvalue weighted by Crippen LogP contribution is 2.21. The molecule has 3 heteroatoms. The van der Waals surface area contributed by atoms with Crippen molar-refractivity contribution in [2.24, 2.45) is 0 Å². The molecule has 0 aliphatic heterocycles. The highest BCUT2D eigenvalue weighted by molar-refractivity contribution is 9.10. The molecule has 0 spiro atoms. The maximum Gasteiger partial charge on any atom is 0.185 e. The average Bonchev–Trinajstić information content (AvgIpc) is 2.66. The van der Waals surface area contributed by atoms with E-state index >= 15 is 0 Å². The Kier molecular flexibility index (Phi) is 9.80. The maximum atomic E-state index is 12.2. The number of carbonyl (C=O) groups excluding carboxylic acids is 1. The first-order chi connectivity index (χ1) is 12.7. The first-order valence-corrected chi connectivity index (χ1v) is 11.2. The molecule has 2 aromatic rings. The van der Waals surface area contributed by atoms with Gasteiger partial charge in [0.2, 0.25) is 0 Å². The quantitative estimate of drug-likeness (QED) is 0.156. The van der Waals surface area contributed by atoms with Crippen molar-refractivity contribution in [2.75, 3.05) is 5.75 Å². The second-order valence-corrected chi connectivity index (χ2v) is 8.48. The molecule has 138 valence electrons. The fourth-order valence-electron chi connectivity index (χ4n) is 2.66. The van der Waals surface area contributed by atoms with Crippen molar-refractivity contribution in [1.29, 1.82) is 0 Å². The second-order valence-electron chi connectivity index (χ2n) is 6.39. The number of ketones is 1. The number of allylic oxidation sites excluding steroid dienone is 1. The van der Waals surface area contributed by atoms with E-state index in [9.17, 15) is 4.79 Å². The van der Waals surface area contributed by atoms with Gasteiger partial charge in [-0.25, -0.2) is 0 Å². The van der Waals surface area contributed by atoms with E-state index in [1.54, 1.807) is 6.08 Å². The van der Waals surface area contributed by atoms with Gasteiger partial charge in [-0.15, -0.1) is 11.8 Å². The lowest BCUT2D eigenvalue weighted by Gasteiger charge is -2.03. The van der Waals surface area contributed by atoms with E-state index in [1.165, 1.54) is 49.2 Å². The molecule has 0 amide bonds. The zero-order valence-electron chi connectivity index (χ0n) is 15.4. The molecule has 0 fully saturated rings. The summed E-state index contributed by atoms with van der Waals surface area (Å²) < 4.78 is 0.920. The molecule has 26 heavy (non-hydrogen) atoms. The molecule has 0 saturated carbocycles. The largest absolute Gasteiger partial charge is 0.289 e. The van der Waals surface area contributed by atoms with Gasteiger partial charge in [0, 0.05) is 14.9 Å². The monoisotopic (exact) mass is 430 g/mol. The minimum Gasteiger partial charge on any atom is -0.289 e. The van der Waals surface area contributed by atoms with Gasteiger partial charge in [0.15, 0.2) is 5.78 Å². The minimum atomic E-state index is 0.0211. The van der Waals surface area contributed by atoms with Crippen LogP contribution >= 0.6 is 27.7 Å². The fraction of sp³-hybridized carbons (Fsp3) is 0.348. The average molecular weight is 431 g/mol. The normalized spacial score (nSPS) is 11.2. The SMILES string of the molecule is CCCCCCCCSc1ccc(/C=C/C(=O)c2cccc(Br)c2)cc1. The second kappa shape index (κ2) is 12.1.